The van der Waals surface area contributed by atoms with Crippen molar-refractivity contribution in [3.8, 4) is 6.07 Å². The van der Waals surface area contributed by atoms with E-state index in [0.717, 1.165) is 0 Å². The maximum Gasteiger partial charge on any atom is 0.446 e. The molecule has 0 heterocycles. The lowest BCUT2D eigenvalue weighted by atomic mass is 10.2. The Balaban J connectivity index is 2.79. The molecule has 1 rings (SSSR count). The highest BCUT2D eigenvalue weighted by molar-refractivity contribution is 8.00. The van der Waals surface area contributed by atoms with Crippen molar-refractivity contribution in [2.24, 2.45) is 0 Å². The van der Waals surface area contributed by atoms with Gasteiger partial charge < -0.3 is 0 Å². The molecule has 74 valence electrons. The topological polar surface area (TPSA) is 23.8 Å². The van der Waals surface area contributed by atoms with Gasteiger partial charge >= 0.3 is 5.51 Å². The zero-order chi connectivity index (χ0) is 10.6. The molecule has 0 aliphatic heterocycles. The van der Waals surface area contributed by atoms with Crippen LogP contribution >= 0.6 is 11.8 Å². The van der Waals surface area contributed by atoms with Gasteiger partial charge in [-0.1, -0.05) is 12.1 Å². The first-order chi connectivity index (χ1) is 6.51. The molecule has 0 aromatic heterocycles. The predicted octanol–water partition coefficient (Wildman–Crippen LogP) is 3.36. The van der Waals surface area contributed by atoms with Crippen molar-refractivity contribution < 1.29 is 13.2 Å². The number of nitrogens with zero attached hydrogens (tertiary/aromatic N) is 1. The van der Waals surface area contributed by atoms with Crippen LogP contribution in [0.2, 0.25) is 0 Å². The van der Waals surface area contributed by atoms with E-state index in [1.54, 1.807) is 6.07 Å². The van der Waals surface area contributed by atoms with E-state index in [1.807, 2.05) is 6.07 Å². The van der Waals surface area contributed by atoms with Crippen LogP contribution in [0, 0.1) is 11.3 Å². The first-order valence-electron chi connectivity index (χ1n) is 3.73. The number of benzene rings is 1. The Morgan fingerprint density at radius 3 is 2.64 bits per heavy atom. The van der Waals surface area contributed by atoms with E-state index in [4.69, 9.17) is 5.26 Å². The second kappa shape index (κ2) is 4.38. The number of hydrogen-bond acceptors (Lipinski definition) is 2. The van der Waals surface area contributed by atoms with Gasteiger partial charge in [-0.25, -0.2) is 0 Å². The molecule has 0 amide bonds. The fraction of sp³-hybridized carbons (Fsp3) is 0.222. The maximum atomic E-state index is 12.0. The van der Waals surface area contributed by atoms with Gasteiger partial charge in [-0.15, -0.1) is 0 Å². The Morgan fingerprint density at radius 2 is 2.07 bits per heavy atom. The van der Waals surface area contributed by atoms with Crippen molar-refractivity contribution in [3.05, 3.63) is 29.8 Å². The summed E-state index contributed by atoms with van der Waals surface area (Å²) in [5.74, 6) is 0. The maximum absolute atomic E-state index is 12.0. The number of thioether (sulfide) groups is 1. The Labute approximate surface area is 83.5 Å². The van der Waals surface area contributed by atoms with Crippen molar-refractivity contribution in [2.45, 2.75) is 16.8 Å². The summed E-state index contributed by atoms with van der Waals surface area (Å²) in [4.78, 5) is 0.116. The fourth-order valence-corrected chi connectivity index (χ4v) is 1.57. The minimum atomic E-state index is -4.27. The lowest BCUT2D eigenvalue weighted by Gasteiger charge is -2.05. The first-order valence-corrected chi connectivity index (χ1v) is 4.54. The van der Waals surface area contributed by atoms with Crippen LogP contribution in [0.3, 0.4) is 0 Å². The standard InChI is InChI=1S/C9H6F3NS/c10-9(11,12)14-8-3-1-2-7(6-8)4-5-13/h1-3,6H,4H2. The largest absolute Gasteiger partial charge is 0.446 e. The van der Waals surface area contributed by atoms with Crippen molar-refractivity contribution in [1.29, 1.82) is 5.26 Å². The van der Waals surface area contributed by atoms with E-state index in [1.165, 1.54) is 18.2 Å². The molecule has 0 fully saturated rings. The number of alkyl halides is 3. The van der Waals surface area contributed by atoms with Crippen LogP contribution in [-0.4, -0.2) is 5.51 Å². The summed E-state index contributed by atoms with van der Waals surface area (Å²) >= 11 is -0.169. The SMILES string of the molecule is N#CCc1cccc(SC(F)(F)F)c1. The molecule has 0 aliphatic carbocycles. The summed E-state index contributed by atoms with van der Waals surface area (Å²) in [6, 6.07) is 7.78. The molecule has 0 saturated carbocycles. The number of hydrogen-bond donors (Lipinski definition) is 0. The molecular weight excluding hydrogens is 211 g/mol. The molecule has 14 heavy (non-hydrogen) atoms. The van der Waals surface area contributed by atoms with Gasteiger partial charge in [0.05, 0.1) is 12.5 Å². The van der Waals surface area contributed by atoms with Gasteiger partial charge in [0.15, 0.2) is 0 Å². The van der Waals surface area contributed by atoms with Crippen molar-refractivity contribution in [2.75, 3.05) is 0 Å². The molecule has 0 saturated heterocycles. The van der Waals surface area contributed by atoms with Crippen molar-refractivity contribution in [1.82, 2.24) is 0 Å². The summed E-state index contributed by atoms with van der Waals surface area (Å²) < 4.78 is 35.9. The highest BCUT2D eigenvalue weighted by Gasteiger charge is 2.29. The highest BCUT2D eigenvalue weighted by atomic mass is 32.2. The number of nitriles is 1. The Morgan fingerprint density at radius 1 is 1.36 bits per heavy atom. The molecule has 1 aromatic carbocycles. The van der Waals surface area contributed by atoms with Crippen molar-refractivity contribution in [3.63, 3.8) is 0 Å². The molecule has 0 N–H and O–H groups in total. The summed E-state index contributed by atoms with van der Waals surface area (Å²) in [6.45, 7) is 0. The summed E-state index contributed by atoms with van der Waals surface area (Å²) in [6.07, 6.45) is 0.131. The lowest BCUT2D eigenvalue weighted by molar-refractivity contribution is -0.0328. The van der Waals surface area contributed by atoms with Crippen LogP contribution in [0.15, 0.2) is 29.2 Å². The number of halogens is 3. The quantitative estimate of drug-likeness (QED) is 0.709. The third kappa shape index (κ3) is 3.71. The molecule has 0 radical (unpaired) electrons. The van der Waals surface area contributed by atoms with Crippen molar-refractivity contribution >= 4 is 11.8 Å². The third-order valence-corrected chi connectivity index (χ3v) is 2.14. The van der Waals surface area contributed by atoms with Gasteiger partial charge in [-0.05, 0) is 29.5 Å². The van der Waals surface area contributed by atoms with Crippen LogP contribution < -0.4 is 0 Å². The van der Waals surface area contributed by atoms with Gasteiger partial charge in [-0.3, -0.25) is 0 Å². The van der Waals surface area contributed by atoms with Gasteiger partial charge in [-0.2, -0.15) is 18.4 Å². The number of rotatable bonds is 2. The molecule has 0 atom stereocenters. The fourth-order valence-electron chi connectivity index (χ4n) is 0.944. The minimum absolute atomic E-state index is 0.116. The van der Waals surface area contributed by atoms with Gasteiger partial charge in [0, 0.05) is 4.90 Å². The van der Waals surface area contributed by atoms with E-state index < -0.39 is 5.51 Å². The normalized spacial score (nSPS) is 11.0. The monoisotopic (exact) mass is 217 g/mol. The second-order valence-electron chi connectivity index (χ2n) is 2.53. The van der Waals surface area contributed by atoms with Crippen LogP contribution in [0.5, 0.6) is 0 Å². The summed E-state index contributed by atoms with van der Waals surface area (Å²) in [7, 11) is 0. The van der Waals surface area contributed by atoms with E-state index in [0.29, 0.717) is 5.56 Å². The van der Waals surface area contributed by atoms with E-state index in [2.05, 4.69) is 0 Å². The Hall–Kier alpha value is -1.15. The molecular formula is C9H6F3NS. The molecule has 0 bridgehead atoms. The second-order valence-corrected chi connectivity index (χ2v) is 3.67. The molecule has 0 unspecified atom stereocenters. The van der Waals surface area contributed by atoms with Crippen LogP contribution in [-0.2, 0) is 6.42 Å². The van der Waals surface area contributed by atoms with Gasteiger partial charge in [0.2, 0.25) is 0 Å². The van der Waals surface area contributed by atoms with E-state index >= 15 is 0 Å². The average molecular weight is 217 g/mol. The minimum Gasteiger partial charge on any atom is -0.198 e. The van der Waals surface area contributed by atoms with E-state index in [-0.39, 0.29) is 23.1 Å². The summed E-state index contributed by atoms with van der Waals surface area (Å²) in [5.41, 5.74) is -3.67. The van der Waals surface area contributed by atoms with Crippen LogP contribution in [0.25, 0.3) is 0 Å². The molecule has 5 heteroatoms. The third-order valence-electron chi connectivity index (χ3n) is 1.42. The van der Waals surface area contributed by atoms with Crippen LogP contribution in [0.4, 0.5) is 13.2 Å². The molecule has 1 aromatic rings. The zero-order valence-electron chi connectivity index (χ0n) is 7.01. The van der Waals surface area contributed by atoms with Gasteiger partial charge in [0.1, 0.15) is 0 Å². The highest BCUT2D eigenvalue weighted by Crippen LogP contribution is 2.36. The first kappa shape index (κ1) is 10.9. The Kier molecular flexibility index (Phi) is 3.42. The molecule has 0 spiro atoms. The lowest BCUT2D eigenvalue weighted by Crippen LogP contribution is -1.99. The smallest absolute Gasteiger partial charge is 0.198 e. The van der Waals surface area contributed by atoms with E-state index in [9.17, 15) is 13.2 Å². The zero-order valence-corrected chi connectivity index (χ0v) is 7.82. The Bertz CT molecular complexity index is 354. The molecule has 1 nitrogen and oxygen atoms in total. The summed E-state index contributed by atoms with van der Waals surface area (Å²) in [5, 5.41) is 8.36. The average Bonchev–Trinajstić information content (AvgIpc) is 2.02. The predicted molar refractivity (Wildman–Crippen MR) is 47.7 cm³/mol. The molecule has 0 aliphatic rings. The van der Waals surface area contributed by atoms with Crippen LogP contribution in [0.1, 0.15) is 5.56 Å². The van der Waals surface area contributed by atoms with Gasteiger partial charge in [0.25, 0.3) is 0 Å².